The Labute approximate surface area is 236 Å². The van der Waals surface area contributed by atoms with Gasteiger partial charge in [0.25, 0.3) is 0 Å². The molecule has 4 aromatic heterocycles. The van der Waals surface area contributed by atoms with Crippen molar-refractivity contribution in [2.45, 2.75) is 34.1 Å². The summed E-state index contributed by atoms with van der Waals surface area (Å²) < 4.78 is 0. The second-order valence-corrected chi connectivity index (χ2v) is 11.9. The predicted octanol–water partition coefficient (Wildman–Crippen LogP) is 6.46. The number of likely N-dealkylation sites (N-methyl/N-ethyl adjacent to an activating group) is 1. The zero-order valence-electron chi connectivity index (χ0n) is 24.3. The quantitative estimate of drug-likeness (QED) is 0.224. The summed E-state index contributed by atoms with van der Waals surface area (Å²) >= 11 is 0. The van der Waals surface area contributed by atoms with Crippen LogP contribution in [0, 0.1) is 12.3 Å². The molecule has 4 aromatic rings. The van der Waals surface area contributed by atoms with Crippen LogP contribution in [0.5, 0.6) is 0 Å². The van der Waals surface area contributed by atoms with Gasteiger partial charge in [0.2, 0.25) is 0 Å². The molecule has 1 fully saturated rings. The minimum atomic E-state index is 0.155. The molecule has 0 spiro atoms. The van der Waals surface area contributed by atoms with Crippen LogP contribution < -0.4 is 5.32 Å². The van der Waals surface area contributed by atoms with E-state index >= 15 is 0 Å². The predicted molar refractivity (Wildman–Crippen MR) is 166 cm³/mol. The molecule has 0 radical (unpaired) electrons. The maximum atomic E-state index is 5.03. The highest BCUT2D eigenvalue weighted by atomic mass is 15.3. The molecule has 1 aliphatic rings. The fourth-order valence-corrected chi connectivity index (χ4v) is 5.26. The molecule has 0 amide bonds. The van der Waals surface area contributed by atoms with Crippen molar-refractivity contribution in [1.82, 2.24) is 34.9 Å². The van der Waals surface area contributed by atoms with E-state index in [9.17, 15) is 0 Å². The van der Waals surface area contributed by atoms with Gasteiger partial charge in [-0.05, 0) is 56.1 Å². The van der Waals surface area contributed by atoms with Gasteiger partial charge in [-0.1, -0.05) is 40.0 Å². The van der Waals surface area contributed by atoms with Gasteiger partial charge >= 0.3 is 0 Å². The highest BCUT2D eigenvalue weighted by Crippen LogP contribution is 2.33. The number of aromatic nitrogens is 5. The highest BCUT2D eigenvalue weighted by molar-refractivity contribution is 5.91. The summed E-state index contributed by atoms with van der Waals surface area (Å²) in [5, 5.41) is 11.2. The minimum absolute atomic E-state index is 0.155. The largest absolute Gasteiger partial charge is 0.368 e. The van der Waals surface area contributed by atoms with E-state index in [2.05, 4.69) is 101 Å². The smallest absolute Gasteiger partial charge is 0.135 e. The number of hydrogen-bond acceptors (Lipinski definition) is 6. The summed E-state index contributed by atoms with van der Waals surface area (Å²) in [7, 11) is 2.17. The van der Waals surface area contributed by atoms with Gasteiger partial charge in [-0.3, -0.25) is 10.1 Å². The Bertz CT molecular complexity index is 1560. The number of aryl methyl sites for hydroxylation is 1. The van der Waals surface area contributed by atoms with Crippen LogP contribution in [0.1, 0.15) is 38.4 Å². The number of piperazine rings is 1. The Kier molecular flexibility index (Phi) is 7.63. The van der Waals surface area contributed by atoms with Crippen molar-refractivity contribution in [2.75, 3.05) is 38.5 Å². The van der Waals surface area contributed by atoms with Gasteiger partial charge in [0, 0.05) is 60.6 Å². The topological polar surface area (TPSA) is 88.8 Å². The number of allylic oxidation sites excluding steroid dienone is 3. The number of nitrogens with one attached hydrogen (secondary N) is 3. The van der Waals surface area contributed by atoms with Crippen molar-refractivity contribution in [2.24, 2.45) is 5.41 Å². The molecule has 0 saturated carbocycles. The van der Waals surface area contributed by atoms with Crippen LogP contribution in [-0.4, -0.2) is 68.2 Å². The van der Waals surface area contributed by atoms with E-state index in [0.717, 1.165) is 88.9 Å². The third-order valence-corrected chi connectivity index (χ3v) is 7.17. The number of pyridine rings is 2. The first-order chi connectivity index (χ1) is 19.1. The van der Waals surface area contributed by atoms with Crippen molar-refractivity contribution in [3.63, 3.8) is 0 Å². The Balaban J connectivity index is 1.45. The summed E-state index contributed by atoms with van der Waals surface area (Å²) in [4.78, 5) is 17.9. The van der Waals surface area contributed by atoms with Crippen LogP contribution in [0.15, 0.2) is 67.7 Å². The van der Waals surface area contributed by atoms with E-state index in [0.29, 0.717) is 0 Å². The third-order valence-electron chi connectivity index (χ3n) is 7.17. The van der Waals surface area contributed by atoms with Crippen LogP contribution >= 0.6 is 0 Å². The highest BCUT2D eigenvalue weighted by Gasteiger charge is 2.22. The van der Waals surface area contributed by atoms with Gasteiger partial charge in [-0.25, -0.2) is 4.98 Å². The van der Waals surface area contributed by atoms with E-state index < -0.39 is 0 Å². The molecule has 208 valence electrons. The van der Waals surface area contributed by atoms with Gasteiger partial charge in [0.05, 0.1) is 28.8 Å². The van der Waals surface area contributed by atoms with E-state index in [-0.39, 0.29) is 5.41 Å². The number of fused-ring (bicyclic) bond motifs is 1. The SMILES string of the molecule is C=C/C=C(\c1cc(-c2n[nH]c3ccc(-c4cncc(NC(=C)CC(C)(C)C)c4)nc23)[nH]c1C)N1CCN(C)CC1. The minimum Gasteiger partial charge on any atom is -0.368 e. The lowest BCUT2D eigenvalue weighted by Crippen LogP contribution is -2.43. The second-order valence-electron chi connectivity index (χ2n) is 11.9. The van der Waals surface area contributed by atoms with Gasteiger partial charge in [0.1, 0.15) is 11.2 Å². The van der Waals surface area contributed by atoms with Crippen molar-refractivity contribution in [1.29, 1.82) is 0 Å². The molecule has 1 saturated heterocycles. The molecule has 0 bridgehead atoms. The van der Waals surface area contributed by atoms with Gasteiger partial charge in [0.15, 0.2) is 0 Å². The number of hydrogen-bond donors (Lipinski definition) is 3. The Morgan fingerprint density at radius 1 is 1.12 bits per heavy atom. The lowest BCUT2D eigenvalue weighted by atomic mass is 9.91. The first kappa shape index (κ1) is 27.4. The molecule has 8 heteroatoms. The lowest BCUT2D eigenvalue weighted by Gasteiger charge is -2.35. The lowest BCUT2D eigenvalue weighted by molar-refractivity contribution is 0.207. The normalized spacial score (nSPS) is 15.0. The van der Waals surface area contributed by atoms with Crippen molar-refractivity contribution < 1.29 is 0 Å². The first-order valence-corrected chi connectivity index (χ1v) is 13.8. The Hall–Kier alpha value is -4.17. The molecule has 5 rings (SSSR count). The molecule has 0 unspecified atom stereocenters. The zero-order valence-corrected chi connectivity index (χ0v) is 24.3. The Morgan fingerprint density at radius 3 is 2.62 bits per heavy atom. The number of H-pyrrole nitrogens is 2. The average Bonchev–Trinajstić information content (AvgIpc) is 3.49. The van der Waals surface area contributed by atoms with E-state index in [1.807, 2.05) is 30.6 Å². The molecule has 1 aliphatic heterocycles. The van der Waals surface area contributed by atoms with Crippen molar-refractivity contribution >= 4 is 22.4 Å². The molecule has 3 N–H and O–H groups in total. The van der Waals surface area contributed by atoms with Crippen LogP contribution in [0.25, 0.3) is 39.4 Å². The molecule has 40 heavy (non-hydrogen) atoms. The van der Waals surface area contributed by atoms with Crippen LogP contribution in [0.2, 0.25) is 0 Å². The van der Waals surface area contributed by atoms with E-state index in [1.54, 1.807) is 0 Å². The second kappa shape index (κ2) is 11.1. The van der Waals surface area contributed by atoms with Gasteiger partial charge in [-0.2, -0.15) is 5.10 Å². The van der Waals surface area contributed by atoms with Crippen LogP contribution in [0.3, 0.4) is 0 Å². The summed E-state index contributed by atoms with van der Waals surface area (Å²) in [5.41, 5.74) is 10.6. The van der Waals surface area contributed by atoms with Gasteiger partial charge in [-0.15, -0.1) is 0 Å². The maximum absolute atomic E-state index is 5.03. The number of anilines is 1. The fraction of sp³-hybridized carbons (Fsp3) is 0.344. The Morgan fingerprint density at radius 2 is 1.90 bits per heavy atom. The van der Waals surface area contributed by atoms with E-state index in [4.69, 9.17) is 4.98 Å². The molecular formula is C32H40N8. The summed E-state index contributed by atoms with van der Waals surface area (Å²) in [6.07, 6.45) is 8.50. The van der Waals surface area contributed by atoms with Crippen LogP contribution in [-0.2, 0) is 0 Å². The van der Waals surface area contributed by atoms with Crippen molar-refractivity contribution in [3.8, 4) is 22.6 Å². The number of rotatable bonds is 8. The van der Waals surface area contributed by atoms with E-state index in [1.165, 1.54) is 5.70 Å². The zero-order chi connectivity index (χ0) is 28.4. The number of nitrogens with zero attached hydrogens (tertiary/aromatic N) is 5. The van der Waals surface area contributed by atoms with Crippen molar-refractivity contribution in [3.05, 3.63) is 78.9 Å². The maximum Gasteiger partial charge on any atom is 0.135 e. The molecule has 0 atom stereocenters. The fourth-order valence-electron chi connectivity index (χ4n) is 5.26. The molecule has 5 heterocycles. The summed E-state index contributed by atoms with van der Waals surface area (Å²) in [6, 6.07) is 8.27. The van der Waals surface area contributed by atoms with Crippen LogP contribution in [0.4, 0.5) is 5.69 Å². The molecular weight excluding hydrogens is 496 g/mol. The number of aromatic amines is 2. The third kappa shape index (κ3) is 6.02. The summed E-state index contributed by atoms with van der Waals surface area (Å²) in [6.45, 7) is 20.9. The van der Waals surface area contributed by atoms with Gasteiger partial charge < -0.3 is 20.1 Å². The molecule has 0 aliphatic carbocycles. The molecule has 8 nitrogen and oxygen atoms in total. The standard InChI is InChI=1S/C32H40N8/c1-8-9-29(40-14-12-39(7)13-15-40)25-17-28(35-22(25)3)31-30-27(37-38-31)11-10-26(36-30)23-16-24(20-33-19-23)34-21(2)18-32(4,5)6/h8-11,16-17,19-20,34-35H,1-2,12-15,18H2,3-7H3,(H,37,38)/b29-9+. The summed E-state index contributed by atoms with van der Waals surface area (Å²) in [5.74, 6) is 0. The average molecular weight is 537 g/mol. The monoisotopic (exact) mass is 536 g/mol. The first-order valence-electron chi connectivity index (χ1n) is 13.8. The molecule has 0 aromatic carbocycles.